The van der Waals surface area contributed by atoms with Crippen molar-refractivity contribution in [2.45, 2.75) is 6.54 Å². The normalized spacial score (nSPS) is 10.4. The fourth-order valence-corrected chi connectivity index (χ4v) is 2.40. The molecule has 0 saturated heterocycles. The van der Waals surface area contributed by atoms with Gasteiger partial charge in [0.05, 0.1) is 19.0 Å². The van der Waals surface area contributed by atoms with Gasteiger partial charge in [-0.1, -0.05) is 42.5 Å². The number of rotatable bonds is 4. The van der Waals surface area contributed by atoms with Crippen LogP contribution in [0.3, 0.4) is 0 Å². The zero-order chi connectivity index (χ0) is 15.4. The van der Waals surface area contributed by atoms with Crippen molar-refractivity contribution in [2.75, 3.05) is 7.11 Å². The summed E-state index contributed by atoms with van der Waals surface area (Å²) in [6.45, 7) is 0.777. The minimum atomic E-state index is -0.321. The van der Waals surface area contributed by atoms with Gasteiger partial charge in [0.1, 0.15) is 0 Å². The first-order valence-corrected chi connectivity index (χ1v) is 7.00. The number of nitrogens with zero attached hydrogens (tertiary/aromatic N) is 2. The van der Waals surface area contributed by atoms with Crippen LogP contribution in [0.4, 0.5) is 0 Å². The van der Waals surface area contributed by atoms with E-state index in [0.717, 1.165) is 17.7 Å². The van der Waals surface area contributed by atoms with Crippen molar-refractivity contribution in [3.05, 3.63) is 78.4 Å². The van der Waals surface area contributed by atoms with E-state index in [2.05, 4.69) is 17.1 Å². The summed E-state index contributed by atoms with van der Waals surface area (Å²) in [7, 11) is 1.40. The summed E-state index contributed by atoms with van der Waals surface area (Å²) < 4.78 is 6.85. The summed E-state index contributed by atoms with van der Waals surface area (Å²) in [5.74, 6) is -0.321. The smallest absolute Gasteiger partial charge is 0.338 e. The van der Waals surface area contributed by atoms with Crippen LogP contribution in [0.2, 0.25) is 0 Å². The number of benzene rings is 2. The quantitative estimate of drug-likeness (QED) is 0.692. The average Bonchev–Trinajstić information content (AvgIpc) is 3.08. The van der Waals surface area contributed by atoms with Crippen LogP contribution in [-0.2, 0) is 11.3 Å². The Morgan fingerprint density at radius 3 is 2.59 bits per heavy atom. The van der Waals surface area contributed by atoms with Gasteiger partial charge in [0.25, 0.3) is 0 Å². The van der Waals surface area contributed by atoms with E-state index in [0.29, 0.717) is 5.56 Å². The molecule has 0 radical (unpaired) electrons. The van der Waals surface area contributed by atoms with Gasteiger partial charge in [-0.25, -0.2) is 9.78 Å². The monoisotopic (exact) mass is 292 g/mol. The molecule has 1 aromatic heterocycles. The van der Waals surface area contributed by atoms with E-state index in [9.17, 15) is 4.79 Å². The standard InChI is InChI=1S/C18H16N2O2/c1-22-18(21)17-5-3-2-4-16(17)15-8-6-14(7-9-15)12-20-11-10-19-13-20/h2-11,13H,12H2,1H3. The van der Waals surface area contributed by atoms with E-state index >= 15 is 0 Å². The summed E-state index contributed by atoms with van der Waals surface area (Å²) in [5, 5.41) is 0. The SMILES string of the molecule is COC(=O)c1ccccc1-c1ccc(Cn2ccnc2)cc1. The van der Waals surface area contributed by atoms with E-state index in [1.165, 1.54) is 12.7 Å². The van der Waals surface area contributed by atoms with Crippen LogP contribution < -0.4 is 0 Å². The van der Waals surface area contributed by atoms with Crippen molar-refractivity contribution in [2.24, 2.45) is 0 Å². The zero-order valence-electron chi connectivity index (χ0n) is 12.3. The lowest BCUT2D eigenvalue weighted by molar-refractivity contribution is 0.0601. The van der Waals surface area contributed by atoms with Crippen LogP contribution in [0, 0.1) is 0 Å². The molecular formula is C18H16N2O2. The fraction of sp³-hybridized carbons (Fsp3) is 0.111. The van der Waals surface area contributed by atoms with E-state index in [4.69, 9.17) is 4.74 Å². The second kappa shape index (κ2) is 6.26. The van der Waals surface area contributed by atoms with Crippen molar-refractivity contribution in [1.82, 2.24) is 9.55 Å². The molecule has 22 heavy (non-hydrogen) atoms. The number of ether oxygens (including phenoxy) is 1. The third kappa shape index (κ3) is 2.91. The van der Waals surface area contributed by atoms with E-state index < -0.39 is 0 Å². The Morgan fingerprint density at radius 2 is 1.91 bits per heavy atom. The van der Waals surface area contributed by atoms with Crippen LogP contribution >= 0.6 is 0 Å². The second-order valence-electron chi connectivity index (χ2n) is 4.97. The van der Waals surface area contributed by atoms with Crippen LogP contribution in [-0.4, -0.2) is 22.6 Å². The van der Waals surface area contributed by atoms with Crippen molar-refractivity contribution in [1.29, 1.82) is 0 Å². The molecule has 0 N–H and O–H groups in total. The number of carbonyl (C=O) groups is 1. The number of carbonyl (C=O) groups excluding carboxylic acids is 1. The van der Waals surface area contributed by atoms with Crippen molar-refractivity contribution < 1.29 is 9.53 Å². The number of aromatic nitrogens is 2. The predicted molar refractivity (Wildman–Crippen MR) is 84.5 cm³/mol. The van der Waals surface area contributed by atoms with Crippen LogP contribution in [0.15, 0.2) is 67.3 Å². The number of esters is 1. The first kappa shape index (κ1) is 14.1. The second-order valence-corrected chi connectivity index (χ2v) is 4.97. The highest BCUT2D eigenvalue weighted by molar-refractivity contribution is 5.97. The molecule has 0 amide bonds. The topological polar surface area (TPSA) is 44.1 Å². The molecule has 0 fully saturated rings. The molecular weight excluding hydrogens is 276 g/mol. The Kier molecular flexibility index (Phi) is 4.01. The molecule has 110 valence electrons. The van der Waals surface area contributed by atoms with Gasteiger partial charge in [0, 0.05) is 18.9 Å². The molecule has 0 aliphatic rings. The zero-order valence-corrected chi connectivity index (χ0v) is 12.3. The Labute approximate surface area is 129 Å². The van der Waals surface area contributed by atoms with Gasteiger partial charge in [-0.2, -0.15) is 0 Å². The van der Waals surface area contributed by atoms with Crippen molar-refractivity contribution in [3.8, 4) is 11.1 Å². The first-order valence-electron chi connectivity index (χ1n) is 7.00. The Bertz CT molecular complexity index is 762. The largest absolute Gasteiger partial charge is 0.465 e. The number of imidazole rings is 1. The minimum absolute atomic E-state index is 0.321. The van der Waals surface area contributed by atoms with Gasteiger partial charge >= 0.3 is 5.97 Å². The van der Waals surface area contributed by atoms with Crippen molar-refractivity contribution in [3.63, 3.8) is 0 Å². The maximum atomic E-state index is 11.9. The molecule has 0 aliphatic carbocycles. The highest BCUT2D eigenvalue weighted by Crippen LogP contribution is 2.24. The molecule has 0 atom stereocenters. The maximum Gasteiger partial charge on any atom is 0.338 e. The Hall–Kier alpha value is -2.88. The number of hydrogen-bond acceptors (Lipinski definition) is 3. The Balaban J connectivity index is 1.88. The van der Waals surface area contributed by atoms with Gasteiger partial charge in [-0.05, 0) is 22.8 Å². The molecule has 4 nitrogen and oxygen atoms in total. The molecule has 4 heteroatoms. The highest BCUT2D eigenvalue weighted by atomic mass is 16.5. The number of hydrogen-bond donors (Lipinski definition) is 0. The van der Waals surface area contributed by atoms with Crippen LogP contribution in [0.1, 0.15) is 15.9 Å². The molecule has 0 unspecified atom stereocenters. The minimum Gasteiger partial charge on any atom is -0.465 e. The van der Waals surface area contributed by atoms with Gasteiger partial charge in [0.15, 0.2) is 0 Å². The summed E-state index contributed by atoms with van der Waals surface area (Å²) >= 11 is 0. The highest BCUT2D eigenvalue weighted by Gasteiger charge is 2.12. The fourth-order valence-electron chi connectivity index (χ4n) is 2.40. The van der Waals surface area contributed by atoms with E-state index in [1.54, 1.807) is 18.6 Å². The van der Waals surface area contributed by atoms with Crippen molar-refractivity contribution >= 4 is 5.97 Å². The molecule has 0 saturated carbocycles. The molecule has 2 aromatic carbocycles. The molecule has 3 aromatic rings. The number of methoxy groups -OCH3 is 1. The first-order chi connectivity index (χ1) is 10.8. The lowest BCUT2D eigenvalue weighted by Gasteiger charge is -2.09. The third-order valence-corrected chi connectivity index (χ3v) is 3.52. The summed E-state index contributed by atoms with van der Waals surface area (Å²) in [4.78, 5) is 15.9. The van der Waals surface area contributed by atoms with Gasteiger partial charge in [-0.15, -0.1) is 0 Å². The molecule has 3 rings (SSSR count). The predicted octanol–water partition coefficient (Wildman–Crippen LogP) is 3.39. The van der Waals surface area contributed by atoms with E-state index in [1.807, 2.05) is 41.1 Å². The van der Waals surface area contributed by atoms with Gasteiger partial charge in [-0.3, -0.25) is 0 Å². The van der Waals surface area contributed by atoms with E-state index in [-0.39, 0.29) is 5.97 Å². The lowest BCUT2D eigenvalue weighted by atomic mass is 9.99. The van der Waals surface area contributed by atoms with Gasteiger partial charge in [0.2, 0.25) is 0 Å². The lowest BCUT2D eigenvalue weighted by Crippen LogP contribution is -2.03. The Morgan fingerprint density at radius 1 is 1.14 bits per heavy atom. The molecule has 0 spiro atoms. The molecule has 0 aliphatic heterocycles. The van der Waals surface area contributed by atoms with Crippen LogP contribution in [0.5, 0.6) is 0 Å². The molecule has 0 bridgehead atoms. The third-order valence-electron chi connectivity index (χ3n) is 3.52. The summed E-state index contributed by atoms with van der Waals surface area (Å²) in [6, 6.07) is 15.6. The summed E-state index contributed by atoms with van der Waals surface area (Å²) in [5.41, 5.74) is 3.63. The van der Waals surface area contributed by atoms with Gasteiger partial charge < -0.3 is 9.30 Å². The molecule has 1 heterocycles. The summed E-state index contributed by atoms with van der Waals surface area (Å²) in [6.07, 6.45) is 5.49. The average molecular weight is 292 g/mol. The maximum absolute atomic E-state index is 11.9. The van der Waals surface area contributed by atoms with Crippen LogP contribution in [0.25, 0.3) is 11.1 Å².